The second-order valence-corrected chi connectivity index (χ2v) is 8.39. The van der Waals surface area contributed by atoms with E-state index >= 15 is 0 Å². The molecule has 1 atom stereocenters. The third-order valence-corrected chi connectivity index (χ3v) is 6.25. The molecule has 0 aliphatic carbocycles. The number of morpholine rings is 1. The maximum absolute atomic E-state index is 13.4. The standard InChI is InChI=1S/C21H24ClN6O3/c1-14-13-27-17-18(23-20(27)28(14)16-5-3-4-15(22)12-16)24(2)21(30)26(19(17)29)7-6-25-8-10-31-11-9-25/h3-5,12-13,17H,6-11H2,1-2H3/q+1. The van der Waals surface area contributed by atoms with E-state index in [4.69, 9.17) is 21.3 Å². The summed E-state index contributed by atoms with van der Waals surface area (Å²) in [6.45, 7) is 5.91. The molecule has 0 spiro atoms. The van der Waals surface area contributed by atoms with Gasteiger partial charge in [0.2, 0.25) is 11.9 Å². The number of aromatic nitrogens is 2. The topological polar surface area (TPSA) is 74.3 Å². The fraction of sp³-hybridized carbons (Fsp3) is 0.429. The summed E-state index contributed by atoms with van der Waals surface area (Å²) in [7, 11) is 1.67. The largest absolute Gasteiger partial charge is 0.406 e. The van der Waals surface area contributed by atoms with E-state index in [1.165, 1.54) is 9.80 Å². The second-order valence-electron chi connectivity index (χ2n) is 7.95. The van der Waals surface area contributed by atoms with E-state index in [0.29, 0.717) is 43.1 Å². The second kappa shape index (κ2) is 7.74. The Balaban J connectivity index is 1.47. The van der Waals surface area contributed by atoms with Gasteiger partial charge >= 0.3 is 12.0 Å². The number of fused-ring (bicyclic) bond motifs is 3. The Kier molecular flexibility index (Phi) is 5.04. The highest BCUT2D eigenvalue weighted by Gasteiger charge is 2.53. The lowest BCUT2D eigenvalue weighted by Gasteiger charge is -2.35. The lowest BCUT2D eigenvalue weighted by atomic mass is 10.1. The maximum Gasteiger partial charge on any atom is 0.406 e. The molecule has 4 heterocycles. The van der Waals surface area contributed by atoms with Crippen molar-refractivity contribution in [1.82, 2.24) is 19.3 Å². The summed E-state index contributed by atoms with van der Waals surface area (Å²) in [4.78, 5) is 36.1. The van der Waals surface area contributed by atoms with Gasteiger partial charge in [-0.05, 0) is 25.1 Å². The zero-order chi connectivity index (χ0) is 21.7. The summed E-state index contributed by atoms with van der Waals surface area (Å²) in [5, 5.41) is 0.616. The first kappa shape index (κ1) is 20.2. The monoisotopic (exact) mass is 443 g/mol. The molecule has 9 nitrogen and oxygen atoms in total. The van der Waals surface area contributed by atoms with Gasteiger partial charge in [0, 0.05) is 38.2 Å². The summed E-state index contributed by atoms with van der Waals surface area (Å²) >= 11 is 6.19. The van der Waals surface area contributed by atoms with Crippen molar-refractivity contribution >= 4 is 35.3 Å². The molecule has 1 unspecified atom stereocenters. The number of carbonyl (C=O) groups excluding carboxylic acids is 2. The van der Waals surface area contributed by atoms with Crippen LogP contribution in [0.3, 0.4) is 0 Å². The van der Waals surface area contributed by atoms with Crippen molar-refractivity contribution in [1.29, 1.82) is 0 Å². The van der Waals surface area contributed by atoms with Crippen LogP contribution < -0.4 is 4.57 Å². The molecular weight excluding hydrogens is 420 g/mol. The van der Waals surface area contributed by atoms with Gasteiger partial charge in [-0.3, -0.25) is 19.5 Å². The van der Waals surface area contributed by atoms with Crippen LogP contribution >= 0.6 is 11.6 Å². The Morgan fingerprint density at radius 3 is 2.74 bits per heavy atom. The average Bonchev–Trinajstić information content (AvgIpc) is 3.27. The van der Waals surface area contributed by atoms with Gasteiger partial charge in [-0.25, -0.2) is 9.36 Å². The predicted molar refractivity (Wildman–Crippen MR) is 114 cm³/mol. The Morgan fingerprint density at radius 1 is 1.23 bits per heavy atom. The first-order chi connectivity index (χ1) is 15.0. The van der Waals surface area contributed by atoms with Crippen LogP contribution in [0.2, 0.25) is 5.02 Å². The van der Waals surface area contributed by atoms with Gasteiger partial charge in [0.25, 0.3) is 5.91 Å². The van der Waals surface area contributed by atoms with Gasteiger partial charge < -0.3 is 4.74 Å². The molecule has 3 aliphatic heterocycles. The Labute approximate surface area is 185 Å². The average molecular weight is 444 g/mol. The van der Waals surface area contributed by atoms with E-state index in [0.717, 1.165) is 24.5 Å². The molecule has 5 rings (SSSR count). The Bertz CT molecular complexity index is 1090. The number of aryl methyl sites for hydroxylation is 1. The number of ether oxygens (including phenoxy) is 1. The highest BCUT2D eigenvalue weighted by Crippen LogP contribution is 2.31. The lowest BCUT2D eigenvalue weighted by Crippen LogP contribution is -2.63. The van der Waals surface area contributed by atoms with Crippen LogP contribution in [0.15, 0.2) is 35.5 Å². The smallest absolute Gasteiger partial charge is 0.379 e. The van der Waals surface area contributed by atoms with Gasteiger partial charge in [0.15, 0.2) is 0 Å². The zero-order valence-electron chi connectivity index (χ0n) is 17.5. The molecule has 0 saturated carbocycles. The number of hydrogen-bond donors (Lipinski definition) is 0. The minimum Gasteiger partial charge on any atom is -0.379 e. The number of imidazole rings is 1. The molecule has 162 valence electrons. The number of amidine groups is 1. The molecule has 0 N–H and O–H groups in total. The van der Waals surface area contributed by atoms with Crippen molar-refractivity contribution in [2.24, 2.45) is 4.99 Å². The molecule has 31 heavy (non-hydrogen) atoms. The van der Waals surface area contributed by atoms with Crippen molar-refractivity contribution in [3.63, 3.8) is 0 Å². The fourth-order valence-corrected chi connectivity index (χ4v) is 4.58. The molecule has 2 saturated heterocycles. The molecule has 3 amide bonds. The summed E-state index contributed by atoms with van der Waals surface area (Å²) in [5.41, 5.74) is 1.78. The number of urea groups is 1. The number of nitrogens with zero attached hydrogens (tertiary/aromatic N) is 6. The molecule has 3 aliphatic rings. The van der Waals surface area contributed by atoms with E-state index in [9.17, 15) is 9.59 Å². The number of carbonyl (C=O) groups is 2. The molecule has 10 heteroatoms. The number of benzene rings is 1. The molecule has 2 fully saturated rings. The van der Waals surface area contributed by atoms with Gasteiger partial charge in [0.1, 0.15) is 17.6 Å². The van der Waals surface area contributed by atoms with E-state index in [-0.39, 0.29) is 11.9 Å². The number of halogens is 1. The van der Waals surface area contributed by atoms with Crippen LogP contribution in [0.5, 0.6) is 0 Å². The molecule has 0 radical (unpaired) electrons. The summed E-state index contributed by atoms with van der Waals surface area (Å²) in [6.07, 6.45) is 1.90. The number of aliphatic imine (C=N–C) groups is 1. The number of hydrogen-bond acceptors (Lipinski definition) is 5. The number of rotatable bonds is 4. The lowest BCUT2D eigenvalue weighted by molar-refractivity contribution is -0.676. The number of likely N-dealkylation sites (N-methyl/N-ethyl adjacent to an activating group) is 1. The van der Waals surface area contributed by atoms with Crippen molar-refractivity contribution in [3.05, 3.63) is 41.2 Å². The maximum atomic E-state index is 13.4. The highest BCUT2D eigenvalue weighted by atomic mass is 35.5. The van der Waals surface area contributed by atoms with Crippen molar-refractivity contribution in [2.45, 2.75) is 13.0 Å². The minimum absolute atomic E-state index is 0.248. The van der Waals surface area contributed by atoms with E-state index < -0.39 is 6.04 Å². The Morgan fingerprint density at radius 2 is 2.00 bits per heavy atom. The first-order valence-corrected chi connectivity index (χ1v) is 10.7. The van der Waals surface area contributed by atoms with Crippen molar-refractivity contribution in [3.8, 4) is 5.69 Å². The van der Waals surface area contributed by atoms with Crippen LogP contribution in [-0.4, -0.2) is 83.5 Å². The van der Waals surface area contributed by atoms with Crippen molar-refractivity contribution in [2.75, 3.05) is 46.4 Å². The van der Waals surface area contributed by atoms with Gasteiger partial charge in [-0.2, -0.15) is 4.57 Å². The molecule has 0 bridgehead atoms. The van der Waals surface area contributed by atoms with Crippen LogP contribution in [0, 0.1) is 6.92 Å². The molecule has 1 aromatic carbocycles. The van der Waals surface area contributed by atoms with Crippen molar-refractivity contribution < 1.29 is 18.9 Å². The number of imide groups is 1. The first-order valence-electron chi connectivity index (χ1n) is 10.3. The van der Waals surface area contributed by atoms with Crippen LogP contribution in [0.25, 0.3) is 5.69 Å². The minimum atomic E-state index is -0.651. The highest BCUT2D eigenvalue weighted by molar-refractivity contribution is 6.30. The van der Waals surface area contributed by atoms with Crippen LogP contribution in [0.1, 0.15) is 11.7 Å². The third-order valence-electron chi connectivity index (χ3n) is 6.02. The quantitative estimate of drug-likeness (QED) is 0.672. The molecule has 1 aromatic heterocycles. The normalized spacial score (nSPS) is 21.4. The fourth-order valence-electron chi connectivity index (χ4n) is 4.39. The van der Waals surface area contributed by atoms with E-state index in [1.807, 2.05) is 46.5 Å². The molecular formula is C21H24ClN6O3+. The van der Waals surface area contributed by atoms with E-state index in [1.54, 1.807) is 7.05 Å². The SMILES string of the molecule is Cc1c[n+]2c(n1-c1cccc(Cl)c1)N=C1C2C(=O)N(CCN2CCOCC2)C(=O)N1C. The van der Waals surface area contributed by atoms with Gasteiger partial charge in [-0.15, -0.1) is 0 Å². The third kappa shape index (κ3) is 3.33. The predicted octanol–water partition coefficient (Wildman–Crippen LogP) is 1.54. The van der Waals surface area contributed by atoms with E-state index in [2.05, 4.69) is 4.90 Å². The Hall–Kier alpha value is -2.75. The number of amides is 3. The van der Waals surface area contributed by atoms with Crippen LogP contribution in [-0.2, 0) is 9.53 Å². The summed E-state index contributed by atoms with van der Waals surface area (Å²) < 4.78 is 9.17. The van der Waals surface area contributed by atoms with Crippen LogP contribution in [0.4, 0.5) is 10.7 Å². The summed E-state index contributed by atoms with van der Waals surface area (Å²) in [5.74, 6) is 0.799. The molecule has 2 aromatic rings. The summed E-state index contributed by atoms with van der Waals surface area (Å²) in [6, 6.07) is 6.48. The zero-order valence-corrected chi connectivity index (χ0v) is 18.2. The van der Waals surface area contributed by atoms with Gasteiger partial charge in [0.05, 0.1) is 13.2 Å². The van der Waals surface area contributed by atoms with Gasteiger partial charge in [-0.1, -0.05) is 22.7 Å².